The number of hydrogen-bond acceptors (Lipinski definition) is 3. The molecule has 0 bridgehead atoms. The lowest BCUT2D eigenvalue weighted by molar-refractivity contribution is 0.0159. The van der Waals surface area contributed by atoms with Gasteiger partial charge in [-0.05, 0) is 62.6 Å². The van der Waals surface area contributed by atoms with E-state index in [-0.39, 0.29) is 17.0 Å². The number of benzene rings is 2. The topological polar surface area (TPSA) is 58.2 Å². The van der Waals surface area contributed by atoms with Crippen molar-refractivity contribution in [2.75, 3.05) is 0 Å². The van der Waals surface area contributed by atoms with Gasteiger partial charge in [-0.2, -0.15) is 0 Å². The Hall–Kier alpha value is -2.08. The maximum absolute atomic E-state index is 12.9. The van der Waals surface area contributed by atoms with E-state index in [1.54, 1.807) is 0 Å². The van der Waals surface area contributed by atoms with Crippen molar-refractivity contribution in [2.45, 2.75) is 58.2 Å². The van der Waals surface area contributed by atoms with Crippen LogP contribution in [0.1, 0.15) is 46.4 Å². The molecule has 28 heavy (non-hydrogen) atoms. The number of imidazole rings is 1. The summed E-state index contributed by atoms with van der Waals surface area (Å²) < 4.78 is 6.76. The summed E-state index contributed by atoms with van der Waals surface area (Å²) in [6.45, 7) is 8.41. The molecule has 2 aliphatic rings. The second-order valence-electron chi connectivity index (χ2n) is 9.52. The molecule has 0 saturated heterocycles. The molecule has 146 valence electrons. The number of rotatable bonds is 3. The number of amides is 1. The highest BCUT2D eigenvalue weighted by molar-refractivity contribution is 9.10. The van der Waals surface area contributed by atoms with Crippen LogP contribution in [-0.2, 0) is 11.3 Å². The molecule has 0 unspecified atom stereocenters. The van der Waals surface area contributed by atoms with Gasteiger partial charge in [-0.15, -0.1) is 0 Å². The first-order valence-corrected chi connectivity index (χ1v) is 10.5. The molecule has 3 aromatic rings. The Morgan fingerprint density at radius 1 is 1.29 bits per heavy atom. The Bertz CT molecular complexity index is 1120. The Morgan fingerprint density at radius 2 is 2.00 bits per heavy atom. The van der Waals surface area contributed by atoms with Crippen LogP contribution in [0.25, 0.3) is 21.8 Å². The number of H-pyrrole nitrogens is 1. The predicted octanol–water partition coefficient (Wildman–Crippen LogP) is 5.77. The minimum atomic E-state index is -0.510. The van der Waals surface area contributed by atoms with Crippen LogP contribution >= 0.6 is 15.9 Å². The van der Waals surface area contributed by atoms with Gasteiger partial charge in [0.15, 0.2) is 0 Å². The highest BCUT2D eigenvalue weighted by Gasteiger charge is 2.84. The molecule has 6 heteroatoms. The predicted molar refractivity (Wildman–Crippen MR) is 113 cm³/mol. The van der Waals surface area contributed by atoms with Gasteiger partial charge in [0.2, 0.25) is 0 Å². The van der Waals surface area contributed by atoms with Crippen LogP contribution < -0.4 is 0 Å². The van der Waals surface area contributed by atoms with Gasteiger partial charge < -0.3 is 9.72 Å². The second-order valence-corrected chi connectivity index (χ2v) is 10.4. The Labute approximate surface area is 172 Å². The van der Waals surface area contributed by atoms with E-state index in [0.717, 1.165) is 44.9 Å². The maximum atomic E-state index is 12.9. The summed E-state index contributed by atoms with van der Waals surface area (Å²) in [4.78, 5) is 23.1. The van der Waals surface area contributed by atoms with Gasteiger partial charge in [-0.3, -0.25) is 4.90 Å². The summed E-state index contributed by atoms with van der Waals surface area (Å²) in [5, 5.41) is 2.24. The first-order chi connectivity index (χ1) is 13.1. The van der Waals surface area contributed by atoms with E-state index in [9.17, 15) is 4.79 Å². The van der Waals surface area contributed by atoms with Crippen molar-refractivity contribution in [1.82, 2.24) is 14.9 Å². The van der Waals surface area contributed by atoms with Gasteiger partial charge in [0.25, 0.3) is 0 Å². The first-order valence-electron chi connectivity index (χ1n) is 9.68. The number of nitrogens with one attached hydrogen (secondary N) is 1. The summed E-state index contributed by atoms with van der Waals surface area (Å²) in [5.74, 6) is 0.798. The van der Waals surface area contributed by atoms with Crippen LogP contribution in [0.15, 0.2) is 34.8 Å². The molecule has 5 nitrogen and oxygen atoms in total. The largest absolute Gasteiger partial charge is 0.444 e. The average Bonchev–Trinajstić information content (AvgIpc) is 3.26. The van der Waals surface area contributed by atoms with Gasteiger partial charge in [0.1, 0.15) is 11.4 Å². The lowest BCUT2D eigenvalue weighted by Gasteiger charge is -2.29. The molecule has 0 aliphatic heterocycles. The van der Waals surface area contributed by atoms with Crippen molar-refractivity contribution in [2.24, 2.45) is 5.41 Å². The fourth-order valence-electron chi connectivity index (χ4n) is 4.42. The molecule has 1 N–H and O–H groups in total. The fourth-order valence-corrected chi connectivity index (χ4v) is 4.80. The van der Waals surface area contributed by atoms with Crippen LogP contribution in [0, 0.1) is 5.41 Å². The van der Waals surface area contributed by atoms with Gasteiger partial charge in [-0.1, -0.05) is 35.0 Å². The van der Waals surface area contributed by atoms with Gasteiger partial charge in [-0.25, -0.2) is 9.78 Å². The van der Waals surface area contributed by atoms with Crippen molar-refractivity contribution in [3.05, 3.63) is 40.6 Å². The SMILES string of the molecule is CC(C)(C)OC(=O)N(Cc1nc2c(ccc3cc(Br)ccc32)[nH]1)C12CC1(C)C2. The molecule has 1 amide bonds. The van der Waals surface area contributed by atoms with Crippen molar-refractivity contribution in [1.29, 1.82) is 0 Å². The first kappa shape index (κ1) is 18.0. The summed E-state index contributed by atoms with van der Waals surface area (Å²) >= 11 is 3.53. The lowest BCUT2D eigenvalue weighted by atomic mass is 10.1. The van der Waals surface area contributed by atoms with Gasteiger partial charge in [0.05, 0.1) is 23.1 Å². The van der Waals surface area contributed by atoms with Gasteiger partial charge in [0, 0.05) is 9.86 Å². The summed E-state index contributed by atoms with van der Waals surface area (Å²) in [6, 6.07) is 10.3. The fraction of sp³-hybridized carbons (Fsp3) is 0.455. The molecule has 1 heterocycles. The highest BCUT2D eigenvalue weighted by atomic mass is 79.9. The number of hydrogen-bond donors (Lipinski definition) is 1. The van der Waals surface area contributed by atoms with Crippen LogP contribution in [0.2, 0.25) is 0 Å². The van der Waals surface area contributed by atoms with E-state index in [4.69, 9.17) is 9.72 Å². The maximum Gasteiger partial charge on any atom is 0.411 e. The van der Waals surface area contributed by atoms with Crippen LogP contribution in [-0.4, -0.2) is 32.1 Å². The number of ether oxygens (including phenoxy) is 1. The van der Waals surface area contributed by atoms with E-state index in [1.807, 2.05) is 31.7 Å². The molecule has 0 spiro atoms. The molecule has 2 aliphatic carbocycles. The number of carbonyl (C=O) groups is 1. The molecule has 2 saturated carbocycles. The summed E-state index contributed by atoms with van der Waals surface area (Å²) in [5.41, 5.74) is 1.64. The van der Waals surface area contributed by atoms with Crippen molar-refractivity contribution in [3.8, 4) is 0 Å². The number of aromatic nitrogens is 2. The third-order valence-corrected chi connectivity index (χ3v) is 6.65. The molecule has 5 rings (SSSR count). The quantitative estimate of drug-likeness (QED) is 0.561. The minimum absolute atomic E-state index is 0.0404. The molecule has 2 aromatic carbocycles. The molecule has 1 aromatic heterocycles. The Kier molecular flexibility index (Phi) is 3.53. The zero-order valence-electron chi connectivity index (χ0n) is 16.6. The van der Waals surface area contributed by atoms with Crippen LogP contribution in [0.4, 0.5) is 4.79 Å². The number of fused-ring (bicyclic) bond motifs is 4. The number of halogens is 1. The van der Waals surface area contributed by atoms with Crippen molar-refractivity contribution in [3.63, 3.8) is 0 Å². The van der Waals surface area contributed by atoms with Crippen molar-refractivity contribution < 1.29 is 9.53 Å². The third kappa shape index (κ3) is 2.72. The molecule has 0 radical (unpaired) electrons. The molecular formula is C22H24BrN3O2. The number of aromatic amines is 1. The van der Waals surface area contributed by atoms with E-state index in [1.165, 1.54) is 0 Å². The zero-order valence-corrected chi connectivity index (χ0v) is 18.2. The van der Waals surface area contributed by atoms with Crippen molar-refractivity contribution >= 4 is 43.8 Å². The smallest absolute Gasteiger partial charge is 0.411 e. The molecule has 0 atom stereocenters. The number of nitrogens with zero attached hydrogens (tertiary/aromatic N) is 2. The van der Waals surface area contributed by atoms with E-state index in [2.05, 4.69) is 52.1 Å². The monoisotopic (exact) mass is 441 g/mol. The standard InChI is InChI=1S/C22H24BrN3O2/c1-20(2,3)28-19(27)26(22-11-21(22,4)12-22)10-17-24-16-8-5-13-9-14(23)6-7-15(13)18(16)25-17/h5-9H,10-12H2,1-4H3,(H,24,25). The average molecular weight is 442 g/mol. The van der Waals surface area contributed by atoms with E-state index >= 15 is 0 Å². The van der Waals surface area contributed by atoms with Crippen LogP contribution in [0.3, 0.4) is 0 Å². The summed E-state index contributed by atoms with van der Waals surface area (Å²) in [7, 11) is 0. The highest BCUT2D eigenvalue weighted by Crippen LogP contribution is 2.81. The normalized spacial score (nSPS) is 25.6. The number of carbonyl (C=O) groups excluding carboxylic acids is 1. The van der Waals surface area contributed by atoms with E-state index < -0.39 is 5.60 Å². The minimum Gasteiger partial charge on any atom is -0.444 e. The summed E-state index contributed by atoms with van der Waals surface area (Å²) in [6.07, 6.45) is 1.86. The Morgan fingerprint density at radius 3 is 2.64 bits per heavy atom. The molecule has 2 fully saturated rings. The van der Waals surface area contributed by atoms with Gasteiger partial charge >= 0.3 is 6.09 Å². The molecular weight excluding hydrogens is 418 g/mol. The Balaban J connectivity index is 1.50. The third-order valence-electron chi connectivity index (χ3n) is 6.16. The zero-order chi connectivity index (χ0) is 19.9. The van der Waals surface area contributed by atoms with Crippen LogP contribution in [0.5, 0.6) is 0 Å². The van der Waals surface area contributed by atoms with E-state index in [0.29, 0.717) is 6.54 Å². The second kappa shape index (κ2) is 5.50. The lowest BCUT2D eigenvalue weighted by Crippen LogP contribution is -2.41.